The first-order valence-corrected chi connectivity index (χ1v) is 6.92. The van der Waals surface area contributed by atoms with Crippen LogP contribution in [-0.4, -0.2) is 23.1 Å². The normalized spacial score (nSPS) is 19.5. The molecule has 1 aliphatic heterocycles. The first-order chi connectivity index (χ1) is 9.15. The van der Waals surface area contributed by atoms with Gasteiger partial charge in [0.1, 0.15) is 5.82 Å². The Kier molecular flexibility index (Phi) is 3.01. The molecule has 1 saturated heterocycles. The van der Waals surface area contributed by atoms with Crippen LogP contribution in [0.1, 0.15) is 20.3 Å². The summed E-state index contributed by atoms with van der Waals surface area (Å²) in [4.78, 5) is 11.1. The van der Waals surface area contributed by atoms with E-state index >= 15 is 0 Å². The summed E-state index contributed by atoms with van der Waals surface area (Å²) in [6.45, 7) is 6.71. The number of rotatable bonds is 2. The molecule has 1 fully saturated rings. The van der Waals surface area contributed by atoms with Crippen molar-refractivity contribution in [2.24, 2.45) is 11.8 Å². The zero-order valence-electron chi connectivity index (χ0n) is 11.5. The van der Waals surface area contributed by atoms with E-state index in [2.05, 4.69) is 34.8 Å². The van der Waals surface area contributed by atoms with E-state index in [4.69, 9.17) is 5.73 Å². The van der Waals surface area contributed by atoms with Gasteiger partial charge in [0.25, 0.3) is 0 Å². The number of nitrogen functional groups attached to an aromatic ring is 1. The third kappa shape index (κ3) is 2.23. The molecule has 2 heterocycles. The summed E-state index contributed by atoms with van der Waals surface area (Å²) in [6.07, 6.45) is 1.23. The molecule has 1 unspecified atom stereocenters. The minimum atomic E-state index is 0.363. The predicted octanol–water partition coefficient (Wildman–Crippen LogP) is 2.69. The summed E-state index contributed by atoms with van der Waals surface area (Å²) in [7, 11) is 0. The molecular weight excluding hydrogens is 236 g/mol. The van der Waals surface area contributed by atoms with Gasteiger partial charge in [-0.3, -0.25) is 0 Å². The Hall–Kier alpha value is -1.84. The number of aromatic nitrogens is 2. The Balaban J connectivity index is 2.01. The zero-order valence-corrected chi connectivity index (χ0v) is 11.5. The second-order valence-corrected chi connectivity index (χ2v) is 5.66. The van der Waals surface area contributed by atoms with Crippen LogP contribution in [-0.2, 0) is 0 Å². The highest BCUT2D eigenvalue weighted by Crippen LogP contribution is 2.31. The van der Waals surface area contributed by atoms with Gasteiger partial charge in [0.15, 0.2) is 0 Å². The van der Waals surface area contributed by atoms with Gasteiger partial charge in [-0.1, -0.05) is 26.0 Å². The Morgan fingerprint density at radius 1 is 1.26 bits per heavy atom. The van der Waals surface area contributed by atoms with E-state index in [1.54, 1.807) is 0 Å². The second-order valence-electron chi connectivity index (χ2n) is 5.66. The lowest BCUT2D eigenvalue weighted by Gasteiger charge is -2.20. The van der Waals surface area contributed by atoms with E-state index < -0.39 is 0 Å². The average Bonchev–Trinajstić information content (AvgIpc) is 2.87. The highest BCUT2D eigenvalue weighted by Gasteiger charge is 2.27. The average molecular weight is 256 g/mol. The van der Waals surface area contributed by atoms with Gasteiger partial charge in [-0.15, -0.1) is 0 Å². The highest BCUT2D eigenvalue weighted by molar-refractivity contribution is 5.90. The molecule has 2 aromatic rings. The third-order valence-electron chi connectivity index (χ3n) is 4.07. The lowest BCUT2D eigenvalue weighted by atomic mass is 9.95. The summed E-state index contributed by atoms with van der Waals surface area (Å²) in [5.41, 5.74) is 6.77. The van der Waals surface area contributed by atoms with Crippen molar-refractivity contribution in [2.45, 2.75) is 20.3 Å². The lowest BCUT2D eigenvalue weighted by Crippen LogP contribution is -2.23. The van der Waals surface area contributed by atoms with Crippen molar-refractivity contribution in [2.75, 3.05) is 23.7 Å². The molecule has 0 bridgehead atoms. The number of nitrogens with zero attached hydrogens (tertiary/aromatic N) is 3. The summed E-state index contributed by atoms with van der Waals surface area (Å²) >= 11 is 0. The molecule has 4 heteroatoms. The SMILES string of the molecule is CC(C)C1CCN(c2nc(N)nc3ccccc23)C1. The Morgan fingerprint density at radius 2 is 2.05 bits per heavy atom. The molecule has 1 aromatic heterocycles. The molecule has 1 aliphatic rings. The molecule has 1 aromatic carbocycles. The van der Waals surface area contributed by atoms with E-state index in [1.807, 2.05) is 18.2 Å². The van der Waals surface area contributed by atoms with Crippen molar-refractivity contribution in [1.82, 2.24) is 9.97 Å². The van der Waals surface area contributed by atoms with Crippen LogP contribution in [0.5, 0.6) is 0 Å². The van der Waals surface area contributed by atoms with Crippen LogP contribution in [0.25, 0.3) is 10.9 Å². The van der Waals surface area contributed by atoms with Crippen LogP contribution in [0.4, 0.5) is 11.8 Å². The number of fused-ring (bicyclic) bond motifs is 1. The molecule has 1 atom stereocenters. The number of hydrogen-bond donors (Lipinski definition) is 1. The minimum absolute atomic E-state index is 0.363. The number of nitrogens with two attached hydrogens (primary N) is 1. The lowest BCUT2D eigenvalue weighted by molar-refractivity contribution is 0.422. The van der Waals surface area contributed by atoms with Crippen LogP contribution in [0.3, 0.4) is 0 Å². The Bertz CT molecular complexity index is 594. The first-order valence-electron chi connectivity index (χ1n) is 6.92. The summed E-state index contributed by atoms with van der Waals surface area (Å²) in [6, 6.07) is 8.08. The van der Waals surface area contributed by atoms with Crippen molar-refractivity contribution in [1.29, 1.82) is 0 Å². The molecular formula is C15H20N4. The van der Waals surface area contributed by atoms with Gasteiger partial charge >= 0.3 is 0 Å². The number of para-hydroxylation sites is 1. The molecule has 100 valence electrons. The smallest absolute Gasteiger partial charge is 0.222 e. The van der Waals surface area contributed by atoms with E-state index in [1.165, 1.54) is 6.42 Å². The molecule has 2 N–H and O–H groups in total. The van der Waals surface area contributed by atoms with Crippen molar-refractivity contribution in [3.8, 4) is 0 Å². The summed E-state index contributed by atoms with van der Waals surface area (Å²) < 4.78 is 0. The fourth-order valence-corrected chi connectivity index (χ4v) is 2.84. The maximum absolute atomic E-state index is 5.84. The molecule has 0 aliphatic carbocycles. The number of hydrogen-bond acceptors (Lipinski definition) is 4. The van der Waals surface area contributed by atoms with Crippen molar-refractivity contribution in [3.63, 3.8) is 0 Å². The van der Waals surface area contributed by atoms with Gasteiger partial charge in [-0.25, -0.2) is 4.98 Å². The van der Waals surface area contributed by atoms with Crippen LogP contribution < -0.4 is 10.6 Å². The standard InChI is InChI=1S/C15H20N4/c1-10(2)11-7-8-19(9-11)14-12-5-3-4-6-13(12)17-15(16)18-14/h3-6,10-11H,7-9H2,1-2H3,(H2,16,17,18). The number of benzene rings is 1. The predicted molar refractivity (Wildman–Crippen MR) is 79.1 cm³/mol. The minimum Gasteiger partial charge on any atom is -0.368 e. The Labute approximate surface area is 113 Å². The van der Waals surface area contributed by atoms with Crippen LogP contribution in [0.2, 0.25) is 0 Å². The van der Waals surface area contributed by atoms with Gasteiger partial charge in [0, 0.05) is 18.5 Å². The highest BCUT2D eigenvalue weighted by atomic mass is 15.2. The quantitative estimate of drug-likeness (QED) is 0.897. The topological polar surface area (TPSA) is 55.0 Å². The third-order valence-corrected chi connectivity index (χ3v) is 4.07. The van der Waals surface area contributed by atoms with Gasteiger partial charge in [-0.05, 0) is 30.4 Å². The molecule has 3 rings (SSSR count). The maximum Gasteiger partial charge on any atom is 0.222 e. The van der Waals surface area contributed by atoms with Crippen molar-refractivity contribution in [3.05, 3.63) is 24.3 Å². The first kappa shape index (κ1) is 12.2. The second kappa shape index (κ2) is 4.68. The van der Waals surface area contributed by atoms with E-state index in [0.29, 0.717) is 5.95 Å². The van der Waals surface area contributed by atoms with E-state index in [0.717, 1.165) is 41.6 Å². The van der Waals surface area contributed by atoms with Crippen LogP contribution >= 0.6 is 0 Å². The van der Waals surface area contributed by atoms with Gasteiger partial charge in [0.2, 0.25) is 5.95 Å². The largest absolute Gasteiger partial charge is 0.368 e. The maximum atomic E-state index is 5.84. The van der Waals surface area contributed by atoms with Crippen LogP contribution in [0, 0.1) is 11.8 Å². The van der Waals surface area contributed by atoms with E-state index in [-0.39, 0.29) is 0 Å². The number of anilines is 2. The molecule has 4 nitrogen and oxygen atoms in total. The molecule has 0 saturated carbocycles. The van der Waals surface area contributed by atoms with Gasteiger partial charge in [-0.2, -0.15) is 4.98 Å². The fourth-order valence-electron chi connectivity index (χ4n) is 2.84. The summed E-state index contributed by atoms with van der Waals surface area (Å²) in [5.74, 6) is 2.82. The fraction of sp³-hybridized carbons (Fsp3) is 0.467. The monoisotopic (exact) mass is 256 g/mol. The molecule has 0 radical (unpaired) electrons. The van der Waals surface area contributed by atoms with Crippen LogP contribution in [0.15, 0.2) is 24.3 Å². The van der Waals surface area contributed by atoms with Gasteiger partial charge in [0.05, 0.1) is 5.52 Å². The molecule has 19 heavy (non-hydrogen) atoms. The van der Waals surface area contributed by atoms with Crippen molar-refractivity contribution >= 4 is 22.7 Å². The van der Waals surface area contributed by atoms with E-state index in [9.17, 15) is 0 Å². The molecule has 0 amide bonds. The molecule has 0 spiro atoms. The Morgan fingerprint density at radius 3 is 2.79 bits per heavy atom. The van der Waals surface area contributed by atoms with Crippen molar-refractivity contribution < 1.29 is 0 Å². The summed E-state index contributed by atoms with van der Waals surface area (Å²) in [5, 5.41) is 1.10. The zero-order chi connectivity index (χ0) is 13.4. The van der Waals surface area contributed by atoms with Gasteiger partial charge < -0.3 is 10.6 Å².